The highest BCUT2D eigenvalue weighted by Crippen LogP contribution is 2.10. The van der Waals surface area contributed by atoms with Gasteiger partial charge in [-0.1, -0.05) is 0 Å². The van der Waals surface area contributed by atoms with Gasteiger partial charge in [0, 0.05) is 6.54 Å². The Hall–Kier alpha value is -1.82. The third-order valence-electron chi connectivity index (χ3n) is 2.07. The number of rotatable bonds is 5. The SMILES string of the molecule is CCN(CC(=O)O)C(=O)c1ccc(CN)o1. The molecular formula is C10H14N2O4. The summed E-state index contributed by atoms with van der Waals surface area (Å²) in [4.78, 5) is 23.5. The summed E-state index contributed by atoms with van der Waals surface area (Å²) < 4.78 is 5.15. The van der Waals surface area contributed by atoms with Crippen molar-refractivity contribution >= 4 is 11.9 Å². The number of aliphatic carboxylic acids is 1. The Labute approximate surface area is 92.6 Å². The first kappa shape index (κ1) is 12.3. The molecule has 1 aromatic rings. The van der Waals surface area contributed by atoms with Gasteiger partial charge >= 0.3 is 5.97 Å². The molecule has 1 aromatic heterocycles. The molecule has 0 unspecified atom stereocenters. The van der Waals surface area contributed by atoms with Gasteiger partial charge in [-0.25, -0.2) is 0 Å². The number of furan rings is 1. The minimum atomic E-state index is -1.05. The number of hydrogen-bond acceptors (Lipinski definition) is 4. The summed E-state index contributed by atoms with van der Waals surface area (Å²) in [6, 6.07) is 3.09. The topological polar surface area (TPSA) is 96.8 Å². The van der Waals surface area contributed by atoms with E-state index >= 15 is 0 Å². The van der Waals surface area contributed by atoms with Crippen LogP contribution in [0.25, 0.3) is 0 Å². The number of carbonyl (C=O) groups is 2. The number of nitrogens with zero attached hydrogens (tertiary/aromatic N) is 1. The summed E-state index contributed by atoms with van der Waals surface area (Å²) in [5.41, 5.74) is 5.34. The molecule has 88 valence electrons. The maximum absolute atomic E-state index is 11.8. The second kappa shape index (κ2) is 5.32. The van der Waals surface area contributed by atoms with Crippen LogP contribution in [0.2, 0.25) is 0 Å². The maximum Gasteiger partial charge on any atom is 0.323 e. The summed E-state index contributed by atoms with van der Waals surface area (Å²) in [5, 5.41) is 8.62. The Morgan fingerprint density at radius 1 is 1.50 bits per heavy atom. The van der Waals surface area contributed by atoms with Gasteiger partial charge in [0.1, 0.15) is 12.3 Å². The van der Waals surface area contributed by atoms with Crippen LogP contribution in [0.4, 0.5) is 0 Å². The lowest BCUT2D eigenvalue weighted by atomic mass is 10.3. The standard InChI is InChI=1S/C10H14N2O4/c1-2-12(6-9(13)14)10(15)8-4-3-7(5-11)16-8/h3-4H,2,5-6,11H2,1H3,(H,13,14). The van der Waals surface area contributed by atoms with Crippen LogP contribution in [-0.4, -0.2) is 35.0 Å². The van der Waals surface area contributed by atoms with E-state index in [1.54, 1.807) is 13.0 Å². The Bertz CT molecular complexity index is 386. The molecule has 3 N–H and O–H groups in total. The fourth-order valence-electron chi connectivity index (χ4n) is 1.25. The van der Waals surface area contributed by atoms with Crippen molar-refractivity contribution in [2.24, 2.45) is 5.73 Å². The molecule has 0 bridgehead atoms. The number of carbonyl (C=O) groups excluding carboxylic acids is 1. The van der Waals surface area contributed by atoms with Crippen LogP contribution < -0.4 is 5.73 Å². The van der Waals surface area contributed by atoms with Crippen molar-refractivity contribution in [2.75, 3.05) is 13.1 Å². The molecular weight excluding hydrogens is 212 g/mol. The van der Waals surface area contributed by atoms with Gasteiger partial charge in [-0.2, -0.15) is 0 Å². The van der Waals surface area contributed by atoms with Gasteiger partial charge in [-0.05, 0) is 19.1 Å². The number of nitrogens with two attached hydrogens (primary N) is 1. The smallest absolute Gasteiger partial charge is 0.323 e. The molecule has 0 radical (unpaired) electrons. The van der Waals surface area contributed by atoms with E-state index in [2.05, 4.69) is 0 Å². The number of carboxylic acid groups (broad SMARTS) is 1. The summed E-state index contributed by atoms with van der Waals surface area (Å²) in [5.74, 6) is -0.885. The molecule has 1 amide bonds. The van der Waals surface area contributed by atoms with Crippen LogP contribution in [0.15, 0.2) is 16.5 Å². The number of likely N-dealkylation sites (N-methyl/N-ethyl adjacent to an activating group) is 1. The van der Waals surface area contributed by atoms with E-state index in [9.17, 15) is 9.59 Å². The van der Waals surface area contributed by atoms with Gasteiger partial charge in [0.15, 0.2) is 5.76 Å². The Morgan fingerprint density at radius 2 is 2.19 bits per heavy atom. The van der Waals surface area contributed by atoms with E-state index < -0.39 is 11.9 Å². The Morgan fingerprint density at radius 3 is 2.62 bits per heavy atom. The van der Waals surface area contributed by atoms with Crippen molar-refractivity contribution in [2.45, 2.75) is 13.5 Å². The van der Waals surface area contributed by atoms with Gasteiger partial charge < -0.3 is 20.2 Å². The highest BCUT2D eigenvalue weighted by Gasteiger charge is 2.19. The second-order valence-electron chi connectivity index (χ2n) is 3.18. The minimum absolute atomic E-state index is 0.114. The highest BCUT2D eigenvalue weighted by molar-refractivity contribution is 5.93. The lowest BCUT2D eigenvalue weighted by molar-refractivity contribution is -0.137. The van der Waals surface area contributed by atoms with E-state index in [-0.39, 0.29) is 18.8 Å². The molecule has 0 aliphatic heterocycles. The van der Waals surface area contributed by atoms with Gasteiger partial charge in [0.05, 0.1) is 6.54 Å². The lowest BCUT2D eigenvalue weighted by Gasteiger charge is -2.16. The molecule has 0 spiro atoms. The van der Waals surface area contributed by atoms with Crippen LogP contribution in [0.1, 0.15) is 23.2 Å². The molecule has 0 aliphatic carbocycles. The van der Waals surface area contributed by atoms with Crippen molar-refractivity contribution in [3.05, 3.63) is 23.7 Å². The molecule has 0 aliphatic rings. The second-order valence-corrected chi connectivity index (χ2v) is 3.18. The van der Waals surface area contributed by atoms with Crippen LogP contribution in [-0.2, 0) is 11.3 Å². The zero-order valence-electron chi connectivity index (χ0n) is 8.97. The molecule has 16 heavy (non-hydrogen) atoms. The summed E-state index contributed by atoms with van der Waals surface area (Å²) in [6.07, 6.45) is 0. The first-order valence-corrected chi connectivity index (χ1v) is 4.88. The first-order valence-electron chi connectivity index (χ1n) is 4.88. The highest BCUT2D eigenvalue weighted by atomic mass is 16.4. The minimum Gasteiger partial charge on any atom is -0.480 e. The number of amides is 1. The van der Waals surface area contributed by atoms with Gasteiger partial charge in [-0.15, -0.1) is 0 Å². The third kappa shape index (κ3) is 2.83. The molecule has 0 saturated carbocycles. The van der Waals surface area contributed by atoms with E-state index in [4.69, 9.17) is 15.3 Å². The molecule has 0 atom stereocenters. The first-order chi connectivity index (χ1) is 7.58. The van der Waals surface area contributed by atoms with Crippen molar-refractivity contribution in [3.63, 3.8) is 0 Å². The maximum atomic E-state index is 11.8. The zero-order chi connectivity index (χ0) is 12.1. The summed E-state index contributed by atoms with van der Waals surface area (Å²) in [6.45, 7) is 1.88. The van der Waals surface area contributed by atoms with Crippen LogP contribution in [0.5, 0.6) is 0 Å². The average molecular weight is 226 g/mol. The molecule has 0 saturated heterocycles. The predicted molar refractivity (Wildman–Crippen MR) is 55.8 cm³/mol. The molecule has 6 nitrogen and oxygen atoms in total. The van der Waals surface area contributed by atoms with E-state index in [0.717, 1.165) is 0 Å². The van der Waals surface area contributed by atoms with E-state index in [1.165, 1.54) is 11.0 Å². The third-order valence-corrected chi connectivity index (χ3v) is 2.07. The van der Waals surface area contributed by atoms with Crippen LogP contribution in [0, 0.1) is 0 Å². The predicted octanol–water partition coefficient (Wildman–Crippen LogP) is 0.285. The monoisotopic (exact) mass is 226 g/mol. The van der Waals surface area contributed by atoms with Crippen molar-refractivity contribution in [1.29, 1.82) is 0 Å². The van der Waals surface area contributed by atoms with Gasteiger partial charge in [-0.3, -0.25) is 9.59 Å². The van der Waals surface area contributed by atoms with E-state index in [1.807, 2.05) is 0 Å². The molecule has 6 heteroatoms. The number of carboxylic acids is 1. The normalized spacial score (nSPS) is 10.1. The molecule has 0 fully saturated rings. The van der Waals surface area contributed by atoms with Crippen LogP contribution in [0.3, 0.4) is 0 Å². The van der Waals surface area contributed by atoms with E-state index in [0.29, 0.717) is 12.3 Å². The average Bonchev–Trinajstić information content (AvgIpc) is 2.73. The largest absolute Gasteiger partial charge is 0.480 e. The molecule has 1 rings (SSSR count). The van der Waals surface area contributed by atoms with Crippen molar-refractivity contribution < 1.29 is 19.1 Å². The summed E-state index contributed by atoms with van der Waals surface area (Å²) in [7, 11) is 0. The van der Waals surface area contributed by atoms with Gasteiger partial charge in [0.25, 0.3) is 5.91 Å². The van der Waals surface area contributed by atoms with Crippen LogP contribution >= 0.6 is 0 Å². The Balaban J connectivity index is 2.78. The molecule has 1 heterocycles. The fraction of sp³-hybridized carbons (Fsp3) is 0.400. The number of hydrogen-bond donors (Lipinski definition) is 2. The Kier molecular flexibility index (Phi) is 4.07. The van der Waals surface area contributed by atoms with Crippen molar-refractivity contribution in [1.82, 2.24) is 4.90 Å². The lowest BCUT2D eigenvalue weighted by Crippen LogP contribution is -2.35. The van der Waals surface area contributed by atoms with Gasteiger partial charge in [0.2, 0.25) is 0 Å². The summed E-state index contributed by atoms with van der Waals surface area (Å²) >= 11 is 0. The molecule has 0 aromatic carbocycles. The quantitative estimate of drug-likeness (QED) is 0.751. The fourth-order valence-corrected chi connectivity index (χ4v) is 1.25. The van der Waals surface area contributed by atoms with Crippen molar-refractivity contribution in [3.8, 4) is 0 Å². The zero-order valence-corrected chi connectivity index (χ0v) is 8.97.